The first kappa shape index (κ1) is 11.3. The summed E-state index contributed by atoms with van der Waals surface area (Å²) in [5.74, 6) is -0.543. The lowest BCUT2D eigenvalue weighted by Gasteiger charge is -2.44. The van der Waals surface area contributed by atoms with Crippen LogP contribution in [-0.2, 0) is 14.7 Å². The molecule has 0 amide bonds. The molecule has 0 atom stereocenters. The molecule has 2 heterocycles. The number of hydrogen-bond donors (Lipinski definition) is 0. The fourth-order valence-corrected chi connectivity index (χ4v) is 2.34. The Bertz CT molecular complexity index is 253. The first-order valence-corrected chi connectivity index (χ1v) is 5.53. The highest BCUT2D eigenvalue weighted by Gasteiger charge is 2.54. The normalized spacial score (nSPS) is 33.4. The third-order valence-corrected chi connectivity index (χ3v) is 3.56. The SMILES string of the molecule is CC1(C)OCC2(CCC(C)(C)N2[O])CO1. The van der Waals surface area contributed by atoms with Crippen LogP contribution >= 0.6 is 0 Å². The van der Waals surface area contributed by atoms with Gasteiger partial charge in [-0.2, -0.15) is 0 Å². The zero-order valence-corrected chi connectivity index (χ0v) is 10.0. The van der Waals surface area contributed by atoms with Gasteiger partial charge < -0.3 is 9.47 Å². The Morgan fingerprint density at radius 1 is 1.00 bits per heavy atom. The van der Waals surface area contributed by atoms with E-state index in [1.165, 1.54) is 5.06 Å². The van der Waals surface area contributed by atoms with E-state index in [-0.39, 0.29) is 5.54 Å². The highest BCUT2D eigenvalue weighted by Crippen LogP contribution is 2.43. The molecule has 0 N–H and O–H groups in total. The molecule has 2 aliphatic heterocycles. The van der Waals surface area contributed by atoms with Gasteiger partial charge in [0.05, 0.1) is 18.8 Å². The van der Waals surface area contributed by atoms with Crippen molar-refractivity contribution in [3.05, 3.63) is 0 Å². The Kier molecular flexibility index (Phi) is 2.39. The molecule has 0 aromatic heterocycles. The molecule has 2 aliphatic rings. The second-order valence-electron chi connectivity index (χ2n) is 5.81. The van der Waals surface area contributed by atoms with E-state index in [0.717, 1.165) is 12.8 Å². The zero-order chi connectivity index (χ0) is 11.3. The van der Waals surface area contributed by atoms with Crippen molar-refractivity contribution in [2.75, 3.05) is 13.2 Å². The van der Waals surface area contributed by atoms with E-state index in [1.54, 1.807) is 0 Å². The lowest BCUT2D eigenvalue weighted by molar-refractivity contribution is -0.342. The molecule has 4 heteroatoms. The molecule has 15 heavy (non-hydrogen) atoms. The minimum atomic E-state index is -0.543. The lowest BCUT2D eigenvalue weighted by Crippen LogP contribution is -2.59. The van der Waals surface area contributed by atoms with Crippen LogP contribution in [0.5, 0.6) is 0 Å². The molecule has 87 valence electrons. The monoisotopic (exact) mass is 214 g/mol. The topological polar surface area (TPSA) is 41.6 Å². The summed E-state index contributed by atoms with van der Waals surface area (Å²) in [5.41, 5.74) is -0.729. The van der Waals surface area contributed by atoms with Crippen molar-refractivity contribution >= 4 is 0 Å². The van der Waals surface area contributed by atoms with Crippen LogP contribution in [0.3, 0.4) is 0 Å². The predicted molar refractivity (Wildman–Crippen MR) is 54.6 cm³/mol. The molecule has 2 rings (SSSR count). The second-order valence-corrected chi connectivity index (χ2v) is 5.81. The summed E-state index contributed by atoms with van der Waals surface area (Å²) in [6.45, 7) is 8.69. The van der Waals surface area contributed by atoms with Gasteiger partial charge in [0.15, 0.2) is 5.79 Å². The first-order chi connectivity index (χ1) is 6.78. The smallest absolute Gasteiger partial charge is 0.162 e. The molecule has 1 spiro atoms. The molecule has 4 nitrogen and oxygen atoms in total. The van der Waals surface area contributed by atoms with Crippen molar-refractivity contribution in [2.24, 2.45) is 0 Å². The molecule has 0 unspecified atom stereocenters. The van der Waals surface area contributed by atoms with E-state index in [1.807, 2.05) is 27.7 Å². The molecule has 0 bridgehead atoms. The van der Waals surface area contributed by atoms with Gasteiger partial charge in [-0.05, 0) is 40.5 Å². The van der Waals surface area contributed by atoms with Gasteiger partial charge in [0.25, 0.3) is 0 Å². The minimum absolute atomic E-state index is 0.284. The molecule has 1 radical (unpaired) electrons. The van der Waals surface area contributed by atoms with E-state index in [4.69, 9.17) is 9.47 Å². The van der Waals surface area contributed by atoms with Gasteiger partial charge >= 0.3 is 0 Å². The van der Waals surface area contributed by atoms with Gasteiger partial charge in [-0.1, -0.05) is 0 Å². The van der Waals surface area contributed by atoms with Gasteiger partial charge in [0, 0.05) is 5.54 Å². The molecule has 0 aromatic carbocycles. The minimum Gasteiger partial charge on any atom is -0.348 e. The van der Waals surface area contributed by atoms with Crippen LogP contribution in [0.15, 0.2) is 0 Å². The highest BCUT2D eigenvalue weighted by atomic mass is 16.7. The Balaban J connectivity index is 2.11. The van der Waals surface area contributed by atoms with Crippen molar-refractivity contribution in [1.82, 2.24) is 5.06 Å². The molecule has 0 saturated carbocycles. The summed E-state index contributed by atoms with van der Waals surface area (Å²) in [6, 6.07) is 0. The van der Waals surface area contributed by atoms with Crippen molar-refractivity contribution in [2.45, 2.75) is 57.4 Å². The van der Waals surface area contributed by atoms with E-state index in [2.05, 4.69) is 0 Å². The van der Waals surface area contributed by atoms with Gasteiger partial charge in [0.1, 0.15) is 0 Å². The zero-order valence-electron chi connectivity index (χ0n) is 10.0. The summed E-state index contributed by atoms with van der Waals surface area (Å²) in [7, 11) is 0. The Morgan fingerprint density at radius 3 is 1.93 bits per heavy atom. The van der Waals surface area contributed by atoms with E-state index in [9.17, 15) is 5.21 Å². The van der Waals surface area contributed by atoms with E-state index in [0.29, 0.717) is 13.2 Å². The highest BCUT2D eigenvalue weighted by molar-refractivity contribution is 5.02. The Morgan fingerprint density at radius 2 is 1.53 bits per heavy atom. The summed E-state index contributed by atoms with van der Waals surface area (Å²) >= 11 is 0. The maximum Gasteiger partial charge on any atom is 0.162 e. The molecule has 2 saturated heterocycles. The van der Waals surface area contributed by atoms with Crippen LogP contribution < -0.4 is 0 Å². The summed E-state index contributed by atoms with van der Waals surface area (Å²) in [5, 5.41) is 13.4. The third kappa shape index (κ3) is 1.80. The van der Waals surface area contributed by atoms with Gasteiger partial charge in [-0.15, -0.1) is 10.3 Å². The van der Waals surface area contributed by atoms with Crippen LogP contribution in [0, 0.1) is 0 Å². The van der Waals surface area contributed by atoms with E-state index >= 15 is 0 Å². The summed E-state index contributed by atoms with van der Waals surface area (Å²) in [4.78, 5) is 0. The molecule has 2 fully saturated rings. The fourth-order valence-electron chi connectivity index (χ4n) is 2.34. The molecule has 0 aromatic rings. The lowest BCUT2D eigenvalue weighted by atomic mass is 9.97. The maximum atomic E-state index is 12.2. The third-order valence-electron chi connectivity index (χ3n) is 3.56. The number of nitrogens with zero attached hydrogens (tertiary/aromatic N) is 1. The van der Waals surface area contributed by atoms with Gasteiger partial charge in [-0.25, -0.2) is 0 Å². The number of rotatable bonds is 0. The van der Waals surface area contributed by atoms with E-state index < -0.39 is 11.3 Å². The second kappa shape index (κ2) is 3.17. The van der Waals surface area contributed by atoms with Crippen molar-refractivity contribution in [1.29, 1.82) is 0 Å². The van der Waals surface area contributed by atoms with Crippen molar-refractivity contribution in [3.63, 3.8) is 0 Å². The fraction of sp³-hybridized carbons (Fsp3) is 1.00. The van der Waals surface area contributed by atoms with Gasteiger partial charge in [0.2, 0.25) is 0 Å². The van der Waals surface area contributed by atoms with Crippen LogP contribution in [-0.4, -0.2) is 35.1 Å². The van der Waals surface area contributed by atoms with Crippen LogP contribution in [0.4, 0.5) is 0 Å². The largest absolute Gasteiger partial charge is 0.348 e. The first-order valence-electron chi connectivity index (χ1n) is 5.53. The number of hydroxylamine groups is 2. The molecular formula is C11H20NO3. The molecule has 0 aliphatic carbocycles. The maximum absolute atomic E-state index is 12.2. The standard InChI is InChI=1S/C11H20NO3/c1-9(2)5-6-11(12(9)13)7-14-10(3,4)15-8-11/h5-8H2,1-4H3. The molecular weight excluding hydrogens is 194 g/mol. The van der Waals surface area contributed by atoms with Crippen molar-refractivity contribution in [3.8, 4) is 0 Å². The van der Waals surface area contributed by atoms with Crippen LogP contribution in [0.1, 0.15) is 40.5 Å². The Labute approximate surface area is 91.1 Å². The predicted octanol–water partition coefficient (Wildman–Crippen LogP) is 1.73. The van der Waals surface area contributed by atoms with Crippen molar-refractivity contribution < 1.29 is 14.7 Å². The summed E-state index contributed by atoms with van der Waals surface area (Å²) in [6.07, 6.45) is 1.77. The average molecular weight is 214 g/mol. The Hall–Kier alpha value is -0.160. The number of hydrogen-bond acceptors (Lipinski definition) is 3. The van der Waals surface area contributed by atoms with Crippen LogP contribution in [0.2, 0.25) is 0 Å². The number of ether oxygens (including phenoxy) is 2. The van der Waals surface area contributed by atoms with Gasteiger partial charge in [-0.3, -0.25) is 0 Å². The van der Waals surface area contributed by atoms with Crippen LogP contribution in [0.25, 0.3) is 0 Å². The quantitative estimate of drug-likeness (QED) is 0.616. The average Bonchev–Trinajstić information content (AvgIpc) is 2.36. The summed E-state index contributed by atoms with van der Waals surface area (Å²) < 4.78 is 11.2.